The highest BCUT2D eigenvalue weighted by Crippen LogP contribution is 2.35. The first kappa shape index (κ1) is 18.7. The number of thiophene rings is 1. The predicted octanol–water partition coefficient (Wildman–Crippen LogP) is 4.33. The quantitative estimate of drug-likeness (QED) is 0.619. The molecule has 1 aromatic carbocycles. The number of amides is 1. The minimum absolute atomic E-state index is 0.00430. The molecule has 26 heavy (non-hydrogen) atoms. The number of non-ortho nitro benzene ring substituents is 1. The Hall–Kier alpha value is -2.12. The van der Waals surface area contributed by atoms with Crippen molar-refractivity contribution in [1.29, 1.82) is 0 Å². The van der Waals surface area contributed by atoms with Crippen LogP contribution in [0.15, 0.2) is 24.3 Å². The van der Waals surface area contributed by atoms with Gasteiger partial charge < -0.3 is 10.2 Å². The molecule has 0 radical (unpaired) electrons. The third-order valence-corrected chi connectivity index (χ3v) is 5.85. The number of aryl methyl sites for hydroxylation is 2. The lowest BCUT2D eigenvalue weighted by Crippen LogP contribution is -2.44. The van der Waals surface area contributed by atoms with E-state index in [0.29, 0.717) is 5.02 Å². The molecule has 1 aliphatic heterocycles. The zero-order valence-electron chi connectivity index (χ0n) is 14.6. The minimum Gasteiger partial charge on any atom is -0.370 e. The molecule has 0 saturated carbocycles. The normalized spacial score (nSPS) is 15.1. The lowest BCUT2D eigenvalue weighted by Gasteiger charge is -2.35. The third-order valence-electron chi connectivity index (χ3n) is 4.56. The second kappa shape index (κ2) is 7.63. The lowest BCUT2D eigenvalue weighted by molar-refractivity contribution is -0.384. The molecule has 0 bridgehead atoms. The Morgan fingerprint density at radius 1 is 1.31 bits per heavy atom. The number of piperidine rings is 1. The molecular formula is C18H20ClN3O3S. The fraction of sp³-hybridized carbons (Fsp3) is 0.389. The van der Waals surface area contributed by atoms with Crippen LogP contribution in [-0.2, 0) is 0 Å². The number of nitro groups is 1. The van der Waals surface area contributed by atoms with Crippen LogP contribution in [0.1, 0.15) is 33.0 Å². The Bertz CT molecular complexity index is 821. The molecular weight excluding hydrogens is 374 g/mol. The van der Waals surface area contributed by atoms with Crippen molar-refractivity contribution in [2.24, 2.45) is 0 Å². The minimum atomic E-state index is -0.434. The van der Waals surface area contributed by atoms with Gasteiger partial charge in [-0.05, 0) is 44.4 Å². The molecule has 1 saturated heterocycles. The second-order valence-corrected chi connectivity index (χ2v) is 8.19. The van der Waals surface area contributed by atoms with E-state index in [1.165, 1.54) is 17.4 Å². The van der Waals surface area contributed by atoms with Crippen LogP contribution < -0.4 is 10.2 Å². The Kier molecular flexibility index (Phi) is 5.48. The molecule has 2 aromatic rings. The molecule has 0 atom stereocenters. The van der Waals surface area contributed by atoms with Gasteiger partial charge in [-0.25, -0.2) is 0 Å². The molecule has 1 fully saturated rings. The van der Waals surface area contributed by atoms with Crippen molar-refractivity contribution in [3.8, 4) is 0 Å². The summed E-state index contributed by atoms with van der Waals surface area (Å²) in [6, 6.07) is 6.87. The number of nitrogens with zero attached hydrogens (tertiary/aromatic N) is 2. The monoisotopic (exact) mass is 393 g/mol. The number of benzene rings is 1. The van der Waals surface area contributed by atoms with Gasteiger partial charge in [-0.1, -0.05) is 11.6 Å². The average Bonchev–Trinajstić information content (AvgIpc) is 3.02. The Labute approximate surface area is 160 Å². The summed E-state index contributed by atoms with van der Waals surface area (Å²) in [6.07, 6.45) is 1.62. The van der Waals surface area contributed by atoms with Crippen LogP contribution in [0.2, 0.25) is 5.02 Å². The summed E-state index contributed by atoms with van der Waals surface area (Å²) in [4.78, 5) is 26.8. The standard InChI is InChI=1S/C18H20ClN3O3S/c1-11-9-14(22(24)25)10-15(19)17(11)21-7-5-13(6-8-21)20-18(23)16-4-3-12(2)26-16/h3-4,9-10,13H,5-8H2,1-2H3,(H,20,23). The van der Waals surface area contributed by atoms with Gasteiger partial charge in [0.25, 0.3) is 11.6 Å². The molecule has 138 valence electrons. The van der Waals surface area contributed by atoms with E-state index in [1.54, 1.807) is 6.07 Å². The highest BCUT2D eigenvalue weighted by Gasteiger charge is 2.25. The van der Waals surface area contributed by atoms with Gasteiger partial charge in [0.1, 0.15) is 0 Å². The number of halogens is 1. The van der Waals surface area contributed by atoms with Crippen LogP contribution in [-0.4, -0.2) is 30.0 Å². The summed E-state index contributed by atoms with van der Waals surface area (Å²) in [6.45, 7) is 5.30. The van der Waals surface area contributed by atoms with E-state index in [1.807, 2.05) is 26.0 Å². The summed E-state index contributed by atoms with van der Waals surface area (Å²) in [5.74, 6) is -0.0221. The topological polar surface area (TPSA) is 75.5 Å². The van der Waals surface area contributed by atoms with Crippen LogP contribution in [0.4, 0.5) is 11.4 Å². The van der Waals surface area contributed by atoms with Gasteiger partial charge in [0.15, 0.2) is 0 Å². The molecule has 3 rings (SSSR count). The first-order valence-electron chi connectivity index (χ1n) is 8.42. The number of hydrogen-bond acceptors (Lipinski definition) is 5. The maximum absolute atomic E-state index is 12.3. The second-order valence-electron chi connectivity index (χ2n) is 6.50. The molecule has 8 heteroatoms. The van der Waals surface area contributed by atoms with Gasteiger partial charge in [-0.2, -0.15) is 0 Å². The number of rotatable bonds is 4. The van der Waals surface area contributed by atoms with Crippen LogP contribution in [0.3, 0.4) is 0 Å². The van der Waals surface area contributed by atoms with Gasteiger partial charge in [0, 0.05) is 36.1 Å². The largest absolute Gasteiger partial charge is 0.370 e. The Morgan fingerprint density at radius 3 is 2.54 bits per heavy atom. The molecule has 1 aromatic heterocycles. The molecule has 0 spiro atoms. The van der Waals surface area contributed by atoms with Gasteiger partial charge in [0.2, 0.25) is 0 Å². The van der Waals surface area contributed by atoms with E-state index in [-0.39, 0.29) is 17.6 Å². The number of nitro benzene ring substituents is 1. The molecule has 6 nitrogen and oxygen atoms in total. The van der Waals surface area contributed by atoms with Crippen LogP contribution in [0.25, 0.3) is 0 Å². The fourth-order valence-corrected chi connectivity index (χ4v) is 4.44. The van der Waals surface area contributed by atoms with Crippen molar-refractivity contribution >= 4 is 40.2 Å². The van der Waals surface area contributed by atoms with Gasteiger partial charge in [-0.15, -0.1) is 11.3 Å². The maximum atomic E-state index is 12.3. The summed E-state index contributed by atoms with van der Waals surface area (Å²) in [5.41, 5.74) is 1.64. The van der Waals surface area contributed by atoms with E-state index in [2.05, 4.69) is 10.2 Å². The first-order chi connectivity index (χ1) is 12.3. The number of carbonyl (C=O) groups excluding carboxylic acids is 1. The van der Waals surface area contributed by atoms with E-state index in [9.17, 15) is 14.9 Å². The fourth-order valence-electron chi connectivity index (χ4n) is 3.28. The van der Waals surface area contributed by atoms with Crippen molar-refractivity contribution in [3.05, 3.63) is 54.7 Å². The van der Waals surface area contributed by atoms with Crippen molar-refractivity contribution < 1.29 is 9.72 Å². The van der Waals surface area contributed by atoms with Crippen LogP contribution in [0, 0.1) is 24.0 Å². The number of carbonyl (C=O) groups is 1. The Morgan fingerprint density at radius 2 is 2.00 bits per heavy atom. The maximum Gasteiger partial charge on any atom is 0.271 e. The average molecular weight is 394 g/mol. The van der Waals surface area contributed by atoms with Crippen molar-refractivity contribution in [2.75, 3.05) is 18.0 Å². The smallest absolute Gasteiger partial charge is 0.271 e. The molecule has 0 unspecified atom stereocenters. The highest BCUT2D eigenvalue weighted by atomic mass is 35.5. The van der Waals surface area contributed by atoms with Crippen LogP contribution in [0.5, 0.6) is 0 Å². The van der Waals surface area contributed by atoms with Crippen molar-refractivity contribution in [2.45, 2.75) is 32.7 Å². The number of hydrogen-bond donors (Lipinski definition) is 1. The number of anilines is 1. The van der Waals surface area contributed by atoms with Crippen molar-refractivity contribution in [1.82, 2.24) is 5.32 Å². The zero-order chi connectivity index (χ0) is 18.8. The summed E-state index contributed by atoms with van der Waals surface area (Å²) in [7, 11) is 0. The predicted molar refractivity (Wildman–Crippen MR) is 105 cm³/mol. The molecule has 1 amide bonds. The van der Waals surface area contributed by atoms with E-state index >= 15 is 0 Å². The summed E-state index contributed by atoms with van der Waals surface area (Å²) >= 11 is 7.80. The molecule has 1 aliphatic rings. The van der Waals surface area contributed by atoms with Gasteiger partial charge in [0.05, 0.1) is 20.5 Å². The highest BCUT2D eigenvalue weighted by molar-refractivity contribution is 7.13. The van der Waals surface area contributed by atoms with E-state index < -0.39 is 4.92 Å². The van der Waals surface area contributed by atoms with Crippen molar-refractivity contribution in [3.63, 3.8) is 0 Å². The van der Waals surface area contributed by atoms with E-state index in [0.717, 1.165) is 46.9 Å². The SMILES string of the molecule is Cc1ccc(C(=O)NC2CCN(c3c(C)cc([N+](=O)[O-])cc3Cl)CC2)s1. The summed E-state index contributed by atoms with van der Waals surface area (Å²) < 4.78 is 0. The summed E-state index contributed by atoms with van der Waals surface area (Å²) in [5, 5.41) is 14.4. The molecule has 0 aliphatic carbocycles. The van der Waals surface area contributed by atoms with E-state index in [4.69, 9.17) is 11.6 Å². The molecule has 1 N–H and O–H groups in total. The third kappa shape index (κ3) is 3.99. The van der Waals surface area contributed by atoms with Crippen LogP contribution >= 0.6 is 22.9 Å². The first-order valence-corrected chi connectivity index (χ1v) is 9.61. The Balaban J connectivity index is 1.63. The van der Waals surface area contributed by atoms with Gasteiger partial charge >= 0.3 is 0 Å². The lowest BCUT2D eigenvalue weighted by atomic mass is 10.0. The zero-order valence-corrected chi connectivity index (χ0v) is 16.2. The van der Waals surface area contributed by atoms with Gasteiger partial charge in [-0.3, -0.25) is 14.9 Å². The molecule has 2 heterocycles. The number of nitrogens with one attached hydrogen (secondary N) is 1.